The van der Waals surface area contributed by atoms with E-state index >= 15 is 0 Å². The minimum Gasteiger partial charge on any atom is -0.294 e. The molecule has 0 aromatic heterocycles. The van der Waals surface area contributed by atoms with Gasteiger partial charge in [0.15, 0.2) is 5.78 Å². The highest BCUT2D eigenvalue weighted by Gasteiger charge is 2.31. The van der Waals surface area contributed by atoms with Crippen molar-refractivity contribution in [2.45, 2.75) is 52.6 Å². The van der Waals surface area contributed by atoms with Gasteiger partial charge in [-0.2, -0.15) is 13.2 Å². The number of carbonyl (C=O) groups is 1. The topological polar surface area (TPSA) is 17.1 Å². The first kappa shape index (κ1) is 16.7. The van der Waals surface area contributed by atoms with Crippen LogP contribution in [-0.2, 0) is 6.18 Å². The Kier molecular flexibility index (Phi) is 5.78. The van der Waals surface area contributed by atoms with Crippen LogP contribution < -0.4 is 0 Å². The first-order valence-corrected chi connectivity index (χ1v) is 7.03. The highest BCUT2D eigenvalue weighted by atomic mass is 19.4. The Balaban J connectivity index is 2.99. The van der Waals surface area contributed by atoms with Crippen molar-refractivity contribution in [2.75, 3.05) is 0 Å². The minimum absolute atomic E-state index is 0.0350. The second-order valence-electron chi connectivity index (χ2n) is 5.14. The summed E-state index contributed by atoms with van der Waals surface area (Å²) in [5.41, 5.74) is 0.119. The van der Waals surface area contributed by atoms with E-state index in [1.165, 1.54) is 6.07 Å². The van der Waals surface area contributed by atoms with Gasteiger partial charge in [0.25, 0.3) is 0 Å². The molecule has 1 nitrogen and oxygen atoms in total. The van der Waals surface area contributed by atoms with Crippen molar-refractivity contribution in [2.24, 2.45) is 5.92 Å². The molecule has 1 unspecified atom stereocenters. The summed E-state index contributed by atoms with van der Waals surface area (Å²) < 4.78 is 37.8. The monoisotopic (exact) mass is 286 g/mol. The summed E-state index contributed by atoms with van der Waals surface area (Å²) in [4.78, 5) is 12.4. The normalized spacial score (nSPS) is 13.3. The van der Waals surface area contributed by atoms with Crippen LogP contribution in [0.25, 0.3) is 0 Å². The van der Waals surface area contributed by atoms with Gasteiger partial charge in [0.2, 0.25) is 0 Å². The quantitative estimate of drug-likeness (QED) is 0.639. The zero-order valence-electron chi connectivity index (χ0n) is 12.2. The van der Waals surface area contributed by atoms with Crippen LogP contribution in [-0.4, -0.2) is 5.78 Å². The van der Waals surface area contributed by atoms with E-state index in [9.17, 15) is 18.0 Å². The van der Waals surface area contributed by atoms with E-state index < -0.39 is 11.7 Å². The van der Waals surface area contributed by atoms with Gasteiger partial charge in [-0.05, 0) is 37.5 Å². The van der Waals surface area contributed by atoms with Gasteiger partial charge >= 0.3 is 6.18 Å². The average molecular weight is 286 g/mol. The number of benzene rings is 1. The lowest BCUT2D eigenvalue weighted by Gasteiger charge is -2.16. The molecule has 1 aromatic carbocycles. The first-order valence-electron chi connectivity index (χ1n) is 7.03. The van der Waals surface area contributed by atoms with Gasteiger partial charge < -0.3 is 0 Å². The molecule has 1 atom stereocenters. The molecule has 1 rings (SSSR count). The largest absolute Gasteiger partial charge is 0.416 e. The molecule has 0 heterocycles. The van der Waals surface area contributed by atoms with Crippen molar-refractivity contribution in [1.29, 1.82) is 0 Å². The van der Waals surface area contributed by atoms with Crippen LogP contribution in [0.15, 0.2) is 18.2 Å². The number of halogens is 3. The number of rotatable bonds is 6. The van der Waals surface area contributed by atoms with Crippen molar-refractivity contribution in [3.63, 3.8) is 0 Å². The fourth-order valence-corrected chi connectivity index (χ4v) is 2.31. The highest BCUT2D eigenvalue weighted by Crippen LogP contribution is 2.31. The van der Waals surface area contributed by atoms with Crippen LogP contribution >= 0.6 is 0 Å². The summed E-state index contributed by atoms with van der Waals surface area (Å²) in [6, 6.07) is 3.36. The smallest absolute Gasteiger partial charge is 0.294 e. The number of hydrogen-bond acceptors (Lipinski definition) is 1. The van der Waals surface area contributed by atoms with Gasteiger partial charge in [0.1, 0.15) is 0 Å². The summed E-state index contributed by atoms with van der Waals surface area (Å²) >= 11 is 0. The Hall–Kier alpha value is -1.32. The van der Waals surface area contributed by atoms with E-state index in [-0.39, 0.29) is 11.7 Å². The third kappa shape index (κ3) is 4.09. The van der Waals surface area contributed by atoms with E-state index in [0.717, 1.165) is 37.8 Å². The SMILES string of the molecule is CCCCC(CC)C(=O)c1ccc(C(F)(F)F)cc1C. The van der Waals surface area contributed by atoms with Crippen LogP contribution in [0, 0.1) is 12.8 Å². The highest BCUT2D eigenvalue weighted by molar-refractivity contribution is 5.99. The molecule has 112 valence electrons. The van der Waals surface area contributed by atoms with E-state index in [4.69, 9.17) is 0 Å². The van der Waals surface area contributed by atoms with Crippen molar-refractivity contribution in [3.05, 3.63) is 34.9 Å². The summed E-state index contributed by atoms with van der Waals surface area (Å²) in [5.74, 6) is -0.127. The standard InChI is InChI=1S/C16H21F3O/c1-4-6-7-12(5-2)15(20)14-9-8-13(10-11(14)3)16(17,18)19/h8-10,12H,4-7H2,1-3H3. The number of carbonyl (C=O) groups excluding carboxylic acids is 1. The van der Waals surface area contributed by atoms with Gasteiger partial charge in [0.05, 0.1) is 5.56 Å². The molecule has 0 saturated carbocycles. The fourth-order valence-electron chi connectivity index (χ4n) is 2.31. The Morgan fingerprint density at radius 3 is 2.35 bits per heavy atom. The number of unbranched alkanes of at least 4 members (excludes halogenated alkanes) is 1. The molecule has 0 spiro atoms. The Labute approximate surface area is 118 Å². The predicted molar refractivity (Wildman–Crippen MR) is 73.8 cm³/mol. The molecule has 0 N–H and O–H groups in total. The summed E-state index contributed by atoms with van der Waals surface area (Å²) in [5, 5.41) is 0. The third-order valence-electron chi connectivity index (χ3n) is 3.59. The van der Waals surface area contributed by atoms with Crippen molar-refractivity contribution in [3.8, 4) is 0 Å². The van der Waals surface area contributed by atoms with Crippen molar-refractivity contribution >= 4 is 5.78 Å². The molecule has 0 amide bonds. The van der Waals surface area contributed by atoms with E-state index in [1.807, 2.05) is 6.92 Å². The second kappa shape index (κ2) is 6.91. The van der Waals surface area contributed by atoms with Crippen molar-refractivity contribution < 1.29 is 18.0 Å². The zero-order valence-corrected chi connectivity index (χ0v) is 12.2. The first-order chi connectivity index (χ1) is 9.31. The molecular formula is C16H21F3O. The summed E-state index contributed by atoms with van der Waals surface area (Å²) in [6.45, 7) is 5.56. The van der Waals surface area contributed by atoms with E-state index in [2.05, 4.69) is 6.92 Å². The lowest BCUT2D eigenvalue weighted by molar-refractivity contribution is -0.137. The number of alkyl halides is 3. The van der Waals surface area contributed by atoms with Gasteiger partial charge in [0, 0.05) is 11.5 Å². The van der Waals surface area contributed by atoms with Crippen LogP contribution in [0.3, 0.4) is 0 Å². The molecule has 4 heteroatoms. The number of hydrogen-bond donors (Lipinski definition) is 0. The maximum Gasteiger partial charge on any atom is 0.416 e. The fraction of sp³-hybridized carbons (Fsp3) is 0.562. The molecule has 0 fully saturated rings. The van der Waals surface area contributed by atoms with E-state index in [1.54, 1.807) is 6.92 Å². The Morgan fingerprint density at radius 2 is 1.90 bits per heavy atom. The van der Waals surface area contributed by atoms with Crippen molar-refractivity contribution in [1.82, 2.24) is 0 Å². The zero-order chi connectivity index (χ0) is 15.3. The van der Waals surface area contributed by atoms with Gasteiger partial charge in [-0.1, -0.05) is 32.8 Å². The summed E-state index contributed by atoms with van der Waals surface area (Å²) in [7, 11) is 0. The van der Waals surface area contributed by atoms with Crippen LogP contribution in [0.1, 0.15) is 61.0 Å². The second-order valence-corrected chi connectivity index (χ2v) is 5.14. The minimum atomic E-state index is -4.36. The Bertz CT molecular complexity index is 463. The third-order valence-corrected chi connectivity index (χ3v) is 3.59. The lowest BCUT2D eigenvalue weighted by atomic mass is 9.88. The molecule has 20 heavy (non-hydrogen) atoms. The van der Waals surface area contributed by atoms with Gasteiger partial charge in [-0.15, -0.1) is 0 Å². The van der Waals surface area contributed by atoms with Gasteiger partial charge in [-0.3, -0.25) is 4.79 Å². The van der Waals surface area contributed by atoms with Gasteiger partial charge in [-0.25, -0.2) is 0 Å². The number of Topliss-reactive ketones (excluding diaryl/α,β-unsaturated/α-hetero) is 1. The summed E-state index contributed by atoms with van der Waals surface area (Å²) in [6.07, 6.45) is -0.871. The van der Waals surface area contributed by atoms with Crippen LogP contribution in [0.2, 0.25) is 0 Å². The molecule has 0 saturated heterocycles. The maximum atomic E-state index is 12.6. The molecule has 0 radical (unpaired) electrons. The maximum absolute atomic E-state index is 12.6. The van der Waals surface area contributed by atoms with Crippen LogP contribution in [0.5, 0.6) is 0 Å². The molecule has 0 aliphatic carbocycles. The number of ketones is 1. The molecule has 0 aliphatic heterocycles. The lowest BCUT2D eigenvalue weighted by Crippen LogP contribution is -2.16. The molecule has 0 bridgehead atoms. The average Bonchev–Trinajstić information content (AvgIpc) is 2.38. The van der Waals surface area contributed by atoms with E-state index in [0.29, 0.717) is 11.1 Å². The molecular weight excluding hydrogens is 265 g/mol. The molecule has 0 aliphatic rings. The molecule has 1 aromatic rings. The van der Waals surface area contributed by atoms with Crippen LogP contribution in [0.4, 0.5) is 13.2 Å². The predicted octanol–water partition coefficient (Wildman–Crippen LogP) is 5.41. The Morgan fingerprint density at radius 1 is 1.25 bits per heavy atom. The number of aryl methyl sites for hydroxylation is 1.